The molecule has 1 unspecified atom stereocenters. The van der Waals surface area contributed by atoms with Crippen molar-refractivity contribution in [1.82, 2.24) is 10.6 Å². The van der Waals surface area contributed by atoms with Crippen molar-refractivity contribution in [3.63, 3.8) is 0 Å². The fraction of sp³-hybridized carbons (Fsp3) is 0.571. The van der Waals surface area contributed by atoms with Gasteiger partial charge in [-0.25, -0.2) is 4.39 Å². The third-order valence-corrected chi connectivity index (χ3v) is 2.75. The van der Waals surface area contributed by atoms with Gasteiger partial charge in [0.25, 0.3) is 0 Å². The molecule has 1 rings (SSSR count). The van der Waals surface area contributed by atoms with E-state index in [9.17, 15) is 4.39 Å². The van der Waals surface area contributed by atoms with Crippen molar-refractivity contribution in [2.24, 2.45) is 0 Å². The van der Waals surface area contributed by atoms with Crippen molar-refractivity contribution >= 4 is 0 Å². The Morgan fingerprint density at radius 2 is 1.88 bits per heavy atom. The van der Waals surface area contributed by atoms with Crippen molar-refractivity contribution < 1.29 is 4.39 Å². The van der Waals surface area contributed by atoms with Crippen LogP contribution < -0.4 is 10.6 Å². The number of benzene rings is 1. The highest BCUT2D eigenvalue weighted by Crippen LogP contribution is 2.11. The van der Waals surface area contributed by atoms with Gasteiger partial charge < -0.3 is 10.6 Å². The first-order chi connectivity index (χ1) is 8.00. The molecule has 96 valence electrons. The van der Waals surface area contributed by atoms with Gasteiger partial charge in [-0.15, -0.1) is 0 Å². The topological polar surface area (TPSA) is 24.1 Å². The number of rotatable bonds is 6. The second kappa shape index (κ2) is 6.72. The maximum atomic E-state index is 13.7. The van der Waals surface area contributed by atoms with Gasteiger partial charge in [0.05, 0.1) is 0 Å². The predicted octanol–water partition coefficient (Wildman–Crippen LogP) is 2.61. The third-order valence-electron chi connectivity index (χ3n) is 2.75. The Hall–Kier alpha value is -0.930. The van der Waals surface area contributed by atoms with Crippen molar-refractivity contribution in [2.45, 2.75) is 46.3 Å². The van der Waals surface area contributed by atoms with Gasteiger partial charge in [0, 0.05) is 30.7 Å². The largest absolute Gasteiger partial charge is 0.313 e. The molecule has 0 radical (unpaired) electrons. The lowest BCUT2D eigenvalue weighted by Gasteiger charge is -2.17. The summed E-state index contributed by atoms with van der Waals surface area (Å²) in [7, 11) is 0. The summed E-state index contributed by atoms with van der Waals surface area (Å²) in [5.41, 5.74) is 1.44. The molecular formula is C14H23FN2. The van der Waals surface area contributed by atoms with E-state index in [0.717, 1.165) is 12.1 Å². The average molecular weight is 238 g/mol. The number of hydrogen-bond acceptors (Lipinski definition) is 2. The van der Waals surface area contributed by atoms with Gasteiger partial charge in [-0.1, -0.05) is 32.0 Å². The van der Waals surface area contributed by atoms with Crippen LogP contribution in [0.2, 0.25) is 0 Å². The van der Waals surface area contributed by atoms with E-state index < -0.39 is 0 Å². The molecule has 0 amide bonds. The highest BCUT2D eigenvalue weighted by Gasteiger charge is 2.06. The first kappa shape index (κ1) is 14.1. The summed E-state index contributed by atoms with van der Waals surface area (Å²) in [6.07, 6.45) is 0. The van der Waals surface area contributed by atoms with E-state index in [2.05, 4.69) is 31.4 Å². The summed E-state index contributed by atoms with van der Waals surface area (Å²) >= 11 is 0. The molecule has 2 nitrogen and oxygen atoms in total. The highest BCUT2D eigenvalue weighted by atomic mass is 19.1. The summed E-state index contributed by atoms with van der Waals surface area (Å²) < 4.78 is 13.7. The standard InChI is InChI=1S/C14H23FN2/c1-10(2)16-8-12(4)17-9-13-7-5-6-11(3)14(13)15/h5-7,10,12,16-17H,8-9H2,1-4H3. The number of nitrogens with one attached hydrogen (secondary N) is 2. The minimum Gasteiger partial charge on any atom is -0.313 e. The molecule has 0 aliphatic carbocycles. The molecular weight excluding hydrogens is 215 g/mol. The van der Waals surface area contributed by atoms with Crippen molar-refractivity contribution in [3.8, 4) is 0 Å². The Bertz CT molecular complexity index is 350. The fourth-order valence-corrected chi connectivity index (χ4v) is 1.61. The van der Waals surface area contributed by atoms with Crippen LogP contribution in [0.15, 0.2) is 18.2 Å². The van der Waals surface area contributed by atoms with Crippen LogP contribution in [0.3, 0.4) is 0 Å². The monoisotopic (exact) mass is 238 g/mol. The normalized spacial score (nSPS) is 13.1. The van der Waals surface area contributed by atoms with Crippen molar-refractivity contribution in [1.29, 1.82) is 0 Å². The maximum Gasteiger partial charge on any atom is 0.130 e. The Kier molecular flexibility index (Phi) is 5.59. The SMILES string of the molecule is Cc1cccc(CNC(C)CNC(C)C)c1F. The van der Waals surface area contributed by atoms with Crippen LogP contribution >= 0.6 is 0 Å². The quantitative estimate of drug-likeness (QED) is 0.796. The lowest BCUT2D eigenvalue weighted by Crippen LogP contribution is -2.38. The molecule has 0 aliphatic heterocycles. The molecule has 17 heavy (non-hydrogen) atoms. The van der Waals surface area contributed by atoms with Crippen LogP contribution in [0.4, 0.5) is 4.39 Å². The summed E-state index contributed by atoms with van der Waals surface area (Å²) in [5.74, 6) is -0.0935. The molecule has 1 aromatic rings. The molecule has 0 aromatic heterocycles. The minimum atomic E-state index is -0.0935. The highest BCUT2D eigenvalue weighted by molar-refractivity contribution is 5.24. The lowest BCUT2D eigenvalue weighted by atomic mass is 10.1. The molecule has 0 fully saturated rings. The molecule has 0 aliphatic rings. The summed E-state index contributed by atoms with van der Waals surface area (Å²) in [6.45, 7) is 9.60. The van der Waals surface area contributed by atoms with E-state index in [-0.39, 0.29) is 5.82 Å². The lowest BCUT2D eigenvalue weighted by molar-refractivity contribution is 0.467. The number of aryl methyl sites for hydroxylation is 1. The van der Waals surface area contributed by atoms with Gasteiger partial charge >= 0.3 is 0 Å². The number of hydrogen-bond donors (Lipinski definition) is 2. The van der Waals surface area contributed by atoms with Gasteiger partial charge in [-0.05, 0) is 19.4 Å². The second-order valence-electron chi connectivity index (χ2n) is 4.89. The second-order valence-corrected chi connectivity index (χ2v) is 4.89. The van der Waals surface area contributed by atoms with Gasteiger partial charge in [0.1, 0.15) is 5.82 Å². The smallest absolute Gasteiger partial charge is 0.130 e. The Morgan fingerprint density at radius 3 is 2.53 bits per heavy atom. The van der Waals surface area contributed by atoms with E-state index in [4.69, 9.17) is 0 Å². The zero-order chi connectivity index (χ0) is 12.8. The Morgan fingerprint density at radius 1 is 1.18 bits per heavy atom. The summed E-state index contributed by atoms with van der Waals surface area (Å²) in [5, 5.41) is 6.67. The van der Waals surface area contributed by atoms with Crippen LogP contribution in [0.25, 0.3) is 0 Å². The van der Waals surface area contributed by atoms with Crippen LogP contribution in [-0.4, -0.2) is 18.6 Å². The molecule has 0 heterocycles. The number of halogens is 1. The Balaban J connectivity index is 2.42. The van der Waals surface area contributed by atoms with Gasteiger partial charge in [-0.2, -0.15) is 0 Å². The molecule has 0 saturated heterocycles. The molecule has 0 spiro atoms. The summed E-state index contributed by atoms with van der Waals surface area (Å²) in [4.78, 5) is 0. The van der Waals surface area contributed by atoms with Gasteiger partial charge in [0.15, 0.2) is 0 Å². The van der Waals surface area contributed by atoms with E-state index in [0.29, 0.717) is 24.2 Å². The van der Waals surface area contributed by atoms with E-state index in [1.54, 1.807) is 13.0 Å². The molecule has 0 saturated carbocycles. The van der Waals surface area contributed by atoms with Crippen LogP contribution in [0.1, 0.15) is 31.9 Å². The molecule has 1 atom stereocenters. The Labute approximate surface area is 104 Å². The molecule has 1 aromatic carbocycles. The minimum absolute atomic E-state index is 0.0935. The maximum absolute atomic E-state index is 13.7. The first-order valence-corrected chi connectivity index (χ1v) is 6.21. The van der Waals surface area contributed by atoms with E-state index in [1.807, 2.05) is 12.1 Å². The van der Waals surface area contributed by atoms with Crippen LogP contribution in [-0.2, 0) is 6.54 Å². The zero-order valence-corrected chi connectivity index (χ0v) is 11.2. The molecule has 2 N–H and O–H groups in total. The van der Waals surface area contributed by atoms with Gasteiger partial charge in [-0.3, -0.25) is 0 Å². The van der Waals surface area contributed by atoms with E-state index in [1.165, 1.54) is 0 Å². The predicted molar refractivity (Wildman–Crippen MR) is 70.6 cm³/mol. The fourth-order valence-electron chi connectivity index (χ4n) is 1.61. The average Bonchev–Trinajstić information content (AvgIpc) is 2.28. The zero-order valence-electron chi connectivity index (χ0n) is 11.2. The molecule has 0 bridgehead atoms. The van der Waals surface area contributed by atoms with Crippen LogP contribution in [0.5, 0.6) is 0 Å². The first-order valence-electron chi connectivity index (χ1n) is 6.21. The van der Waals surface area contributed by atoms with Crippen LogP contribution in [0, 0.1) is 12.7 Å². The summed E-state index contributed by atoms with van der Waals surface area (Å²) in [6, 6.07) is 6.33. The molecule has 3 heteroatoms. The van der Waals surface area contributed by atoms with Gasteiger partial charge in [0.2, 0.25) is 0 Å². The van der Waals surface area contributed by atoms with Crippen molar-refractivity contribution in [3.05, 3.63) is 35.1 Å². The van der Waals surface area contributed by atoms with Crippen molar-refractivity contribution in [2.75, 3.05) is 6.54 Å². The van der Waals surface area contributed by atoms with E-state index >= 15 is 0 Å². The third kappa shape index (κ3) is 4.84.